The monoisotopic (exact) mass is 266 g/mol. The number of carboxylic acid groups (broad SMARTS) is 1. The van der Waals surface area contributed by atoms with Gasteiger partial charge in [0.25, 0.3) is 5.91 Å². The number of amides is 2. The lowest BCUT2D eigenvalue weighted by Crippen LogP contribution is -2.42. The van der Waals surface area contributed by atoms with Crippen molar-refractivity contribution in [3.63, 3.8) is 0 Å². The van der Waals surface area contributed by atoms with E-state index in [0.29, 0.717) is 11.3 Å². The van der Waals surface area contributed by atoms with Crippen LogP contribution in [0.1, 0.15) is 29.8 Å². The van der Waals surface area contributed by atoms with Gasteiger partial charge in [0.05, 0.1) is 23.4 Å². The number of hydrogen-bond acceptors (Lipinski definition) is 3. The van der Waals surface area contributed by atoms with Crippen molar-refractivity contribution in [2.75, 3.05) is 4.31 Å². The molecule has 2 amide bonds. The van der Waals surface area contributed by atoms with Gasteiger partial charge >= 0.3 is 6.09 Å². The van der Waals surface area contributed by atoms with E-state index in [1.807, 2.05) is 13.8 Å². The third-order valence-electron chi connectivity index (χ3n) is 2.68. The van der Waals surface area contributed by atoms with Crippen molar-refractivity contribution in [1.82, 2.24) is 4.31 Å². The summed E-state index contributed by atoms with van der Waals surface area (Å²) in [5.74, 6) is -0.147. The smallest absolute Gasteiger partial charge is 0.423 e. The van der Waals surface area contributed by atoms with Gasteiger partial charge in [-0.1, -0.05) is 12.1 Å². The Morgan fingerprint density at radius 3 is 2.61 bits per heavy atom. The molecule has 1 aromatic carbocycles. The fourth-order valence-electron chi connectivity index (χ4n) is 1.85. The van der Waals surface area contributed by atoms with Crippen LogP contribution in [0.5, 0.6) is 0 Å². The van der Waals surface area contributed by atoms with Gasteiger partial charge in [-0.2, -0.15) is 4.31 Å². The third kappa shape index (κ3) is 1.92. The molecule has 0 bridgehead atoms. The van der Waals surface area contributed by atoms with Crippen molar-refractivity contribution in [1.29, 1.82) is 0 Å². The molecule has 0 fully saturated rings. The Bertz CT molecular complexity index is 516. The molecule has 1 N–H and O–H groups in total. The highest BCUT2D eigenvalue weighted by atomic mass is 32.2. The minimum absolute atomic E-state index is 0.0713. The second-order valence-corrected chi connectivity index (χ2v) is 5.28. The second kappa shape index (κ2) is 4.53. The SMILES string of the molecule is Cc1cccc2c1N(C(=O)O)SN(C(C)C)C2=O. The first-order chi connectivity index (χ1) is 8.43. The van der Waals surface area contributed by atoms with Gasteiger partial charge in [-0.3, -0.25) is 9.10 Å². The minimum atomic E-state index is -1.08. The highest BCUT2D eigenvalue weighted by Gasteiger charge is 2.36. The van der Waals surface area contributed by atoms with Crippen LogP contribution >= 0.6 is 12.1 Å². The molecule has 0 spiro atoms. The van der Waals surface area contributed by atoms with E-state index in [4.69, 9.17) is 0 Å². The summed E-state index contributed by atoms with van der Waals surface area (Å²) in [6, 6.07) is 5.15. The van der Waals surface area contributed by atoms with Crippen molar-refractivity contribution in [2.45, 2.75) is 26.8 Å². The van der Waals surface area contributed by atoms with Gasteiger partial charge < -0.3 is 5.11 Å². The summed E-state index contributed by atoms with van der Waals surface area (Å²) in [6.45, 7) is 5.51. The summed E-state index contributed by atoms with van der Waals surface area (Å²) in [7, 11) is 0. The highest BCUT2D eigenvalue weighted by molar-refractivity contribution is 7.99. The normalized spacial score (nSPS) is 15.0. The number of fused-ring (bicyclic) bond motifs is 1. The quantitative estimate of drug-likeness (QED) is 0.794. The highest BCUT2D eigenvalue weighted by Crippen LogP contribution is 2.39. The molecule has 0 aliphatic carbocycles. The minimum Gasteiger partial charge on any atom is -0.464 e. The van der Waals surface area contributed by atoms with Gasteiger partial charge in [-0.05, 0) is 32.4 Å². The Morgan fingerprint density at radius 1 is 1.39 bits per heavy atom. The van der Waals surface area contributed by atoms with E-state index in [-0.39, 0.29) is 11.9 Å². The van der Waals surface area contributed by atoms with Crippen molar-refractivity contribution in [3.05, 3.63) is 29.3 Å². The van der Waals surface area contributed by atoms with E-state index in [1.54, 1.807) is 25.1 Å². The standard InChI is InChI=1S/C12H14N2O3S/c1-7(2)13-11(15)9-6-4-5-8(3)10(9)14(18-13)12(16)17/h4-7H,1-3H3,(H,16,17). The lowest BCUT2D eigenvalue weighted by atomic mass is 10.1. The average Bonchev–Trinajstić information content (AvgIpc) is 2.29. The molecule has 96 valence electrons. The van der Waals surface area contributed by atoms with E-state index in [9.17, 15) is 14.7 Å². The molecule has 1 aromatic rings. The Kier molecular flexibility index (Phi) is 3.21. The fourth-order valence-corrected chi connectivity index (χ4v) is 2.78. The van der Waals surface area contributed by atoms with Crippen molar-refractivity contribution >= 4 is 29.8 Å². The Hall–Kier alpha value is -1.69. The van der Waals surface area contributed by atoms with E-state index < -0.39 is 6.09 Å². The zero-order valence-electron chi connectivity index (χ0n) is 10.4. The molecule has 0 unspecified atom stereocenters. The molecule has 0 aromatic heterocycles. The van der Waals surface area contributed by atoms with Crippen LogP contribution in [-0.4, -0.2) is 27.5 Å². The molecular formula is C12H14N2O3S. The molecule has 5 nitrogen and oxygen atoms in total. The maximum Gasteiger partial charge on any atom is 0.423 e. The predicted octanol–water partition coefficient (Wildman–Crippen LogP) is 2.91. The predicted molar refractivity (Wildman–Crippen MR) is 70.6 cm³/mol. The van der Waals surface area contributed by atoms with E-state index in [2.05, 4.69) is 0 Å². The van der Waals surface area contributed by atoms with Gasteiger partial charge in [0, 0.05) is 6.04 Å². The zero-order chi connectivity index (χ0) is 13.4. The largest absolute Gasteiger partial charge is 0.464 e. The molecule has 0 saturated carbocycles. The maximum atomic E-state index is 12.3. The van der Waals surface area contributed by atoms with Crippen LogP contribution in [0, 0.1) is 6.92 Å². The molecule has 6 heteroatoms. The lowest BCUT2D eigenvalue weighted by Gasteiger charge is -2.35. The van der Waals surface area contributed by atoms with E-state index in [1.165, 1.54) is 4.31 Å². The maximum absolute atomic E-state index is 12.3. The van der Waals surface area contributed by atoms with Crippen molar-refractivity contribution < 1.29 is 14.7 Å². The van der Waals surface area contributed by atoms with E-state index >= 15 is 0 Å². The summed E-state index contributed by atoms with van der Waals surface area (Å²) in [4.78, 5) is 23.6. The summed E-state index contributed by atoms with van der Waals surface area (Å²) < 4.78 is 2.61. The van der Waals surface area contributed by atoms with Gasteiger partial charge in [-0.15, -0.1) is 0 Å². The molecule has 1 aliphatic heterocycles. The molecule has 0 atom stereocenters. The summed E-state index contributed by atoms with van der Waals surface area (Å²) in [5, 5.41) is 9.26. The molecular weight excluding hydrogens is 252 g/mol. The van der Waals surface area contributed by atoms with Crippen LogP contribution in [0.25, 0.3) is 0 Å². The second-order valence-electron chi connectivity index (χ2n) is 4.35. The first kappa shape index (κ1) is 12.8. The Morgan fingerprint density at radius 2 is 2.06 bits per heavy atom. The summed E-state index contributed by atoms with van der Waals surface area (Å²) in [6.07, 6.45) is -1.08. The van der Waals surface area contributed by atoms with Crippen molar-refractivity contribution in [3.8, 4) is 0 Å². The number of aryl methyl sites for hydroxylation is 1. The fraction of sp³-hybridized carbons (Fsp3) is 0.333. The first-order valence-corrected chi connectivity index (χ1v) is 6.31. The number of benzene rings is 1. The van der Waals surface area contributed by atoms with Crippen molar-refractivity contribution in [2.24, 2.45) is 0 Å². The van der Waals surface area contributed by atoms with Crippen LogP contribution in [0.4, 0.5) is 10.5 Å². The Balaban J connectivity index is 2.59. The number of anilines is 1. The van der Waals surface area contributed by atoms with E-state index in [0.717, 1.165) is 22.0 Å². The molecule has 0 saturated heterocycles. The molecule has 1 aliphatic rings. The number of para-hydroxylation sites is 1. The number of hydrogen-bond donors (Lipinski definition) is 1. The molecule has 18 heavy (non-hydrogen) atoms. The van der Waals surface area contributed by atoms with Gasteiger partial charge in [0.1, 0.15) is 0 Å². The zero-order valence-corrected chi connectivity index (χ0v) is 11.2. The van der Waals surface area contributed by atoms with Crippen LogP contribution < -0.4 is 4.31 Å². The Labute approximate surface area is 110 Å². The topological polar surface area (TPSA) is 60.9 Å². The van der Waals surface area contributed by atoms with Gasteiger partial charge in [-0.25, -0.2) is 4.79 Å². The van der Waals surface area contributed by atoms with Crippen LogP contribution in [0.15, 0.2) is 18.2 Å². The third-order valence-corrected chi connectivity index (χ3v) is 3.95. The molecule has 1 heterocycles. The lowest BCUT2D eigenvalue weighted by molar-refractivity contribution is 0.0845. The molecule has 2 rings (SSSR count). The number of carbonyl (C=O) groups excluding carboxylic acids is 1. The van der Waals surface area contributed by atoms with Crippen LogP contribution in [0.3, 0.4) is 0 Å². The summed E-state index contributed by atoms with van der Waals surface area (Å²) in [5.41, 5.74) is 1.68. The number of rotatable bonds is 1. The first-order valence-electron chi connectivity index (χ1n) is 5.57. The van der Waals surface area contributed by atoms with Crippen LogP contribution in [0.2, 0.25) is 0 Å². The van der Waals surface area contributed by atoms with Crippen LogP contribution in [-0.2, 0) is 0 Å². The average molecular weight is 266 g/mol. The molecule has 0 radical (unpaired) electrons. The number of nitrogens with zero attached hydrogens (tertiary/aromatic N) is 2. The summed E-state index contributed by atoms with van der Waals surface area (Å²) >= 11 is 0.930. The van der Waals surface area contributed by atoms with Gasteiger partial charge in [0.2, 0.25) is 0 Å². The number of carbonyl (C=O) groups is 2. The van der Waals surface area contributed by atoms with Gasteiger partial charge in [0.15, 0.2) is 0 Å².